The number of ether oxygens (including phenoxy) is 2. The molecule has 0 aliphatic carbocycles. The van der Waals surface area contributed by atoms with E-state index in [-0.39, 0.29) is 5.91 Å². The molecule has 0 aromatic heterocycles. The van der Waals surface area contributed by atoms with Crippen molar-refractivity contribution in [3.05, 3.63) is 58.1 Å². The predicted molar refractivity (Wildman–Crippen MR) is 112 cm³/mol. The van der Waals surface area contributed by atoms with Crippen molar-refractivity contribution in [3.8, 4) is 11.5 Å². The van der Waals surface area contributed by atoms with E-state index in [0.717, 1.165) is 43.2 Å². The summed E-state index contributed by atoms with van der Waals surface area (Å²) < 4.78 is 10.8. The van der Waals surface area contributed by atoms with Gasteiger partial charge in [0.1, 0.15) is 11.5 Å². The van der Waals surface area contributed by atoms with E-state index in [2.05, 4.69) is 17.0 Å². The fraction of sp³-hybridized carbons (Fsp3) is 0.409. The summed E-state index contributed by atoms with van der Waals surface area (Å²) >= 11 is 5.97. The second-order valence-corrected chi connectivity index (χ2v) is 7.49. The zero-order chi connectivity index (χ0) is 20.1. The van der Waals surface area contributed by atoms with Gasteiger partial charge < -0.3 is 14.4 Å². The van der Waals surface area contributed by atoms with Gasteiger partial charge in [-0.3, -0.25) is 9.69 Å². The van der Waals surface area contributed by atoms with Crippen LogP contribution in [-0.2, 0) is 6.54 Å². The Morgan fingerprint density at radius 3 is 2.25 bits per heavy atom. The Morgan fingerprint density at radius 2 is 1.64 bits per heavy atom. The van der Waals surface area contributed by atoms with Crippen molar-refractivity contribution in [2.24, 2.45) is 0 Å². The minimum absolute atomic E-state index is 0.0185. The van der Waals surface area contributed by atoms with E-state index in [1.54, 1.807) is 26.4 Å². The summed E-state index contributed by atoms with van der Waals surface area (Å²) in [5, 5.41) is 0.750. The molecule has 2 aromatic carbocycles. The predicted octanol–water partition coefficient (Wildman–Crippen LogP) is 4.01. The highest BCUT2D eigenvalue weighted by Crippen LogP contribution is 2.30. The van der Waals surface area contributed by atoms with E-state index in [4.69, 9.17) is 21.1 Å². The van der Waals surface area contributed by atoms with Crippen molar-refractivity contribution in [2.75, 3.05) is 40.4 Å². The minimum atomic E-state index is 0.0185. The van der Waals surface area contributed by atoms with E-state index in [1.165, 1.54) is 5.56 Å². The first kappa shape index (κ1) is 20.5. The number of halogens is 1. The SMILES string of the molecule is COc1cc(C(=O)N2CCCN(Cc3ccc(Cl)cc3)CC2)cc(OC)c1C. The number of methoxy groups -OCH3 is 2. The molecule has 5 nitrogen and oxygen atoms in total. The lowest BCUT2D eigenvalue weighted by Gasteiger charge is -2.23. The average Bonchev–Trinajstić information content (AvgIpc) is 2.95. The molecule has 0 atom stereocenters. The van der Waals surface area contributed by atoms with Crippen LogP contribution < -0.4 is 9.47 Å². The fourth-order valence-corrected chi connectivity index (χ4v) is 3.70. The summed E-state index contributed by atoms with van der Waals surface area (Å²) in [6.45, 7) is 6.04. The van der Waals surface area contributed by atoms with E-state index in [9.17, 15) is 4.79 Å². The molecule has 28 heavy (non-hydrogen) atoms. The number of benzene rings is 2. The van der Waals surface area contributed by atoms with Gasteiger partial charge in [-0.25, -0.2) is 0 Å². The number of rotatable bonds is 5. The summed E-state index contributed by atoms with van der Waals surface area (Å²) in [4.78, 5) is 17.4. The van der Waals surface area contributed by atoms with Crippen LogP contribution in [0.2, 0.25) is 5.02 Å². The Bertz CT molecular complexity index is 798. The highest BCUT2D eigenvalue weighted by atomic mass is 35.5. The third-order valence-corrected chi connectivity index (χ3v) is 5.45. The number of nitrogens with zero attached hydrogens (tertiary/aromatic N) is 2. The third-order valence-electron chi connectivity index (χ3n) is 5.19. The molecule has 1 heterocycles. The quantitative estimate of drug-likeness (QED) is 0.757. The maximum Gasteiger partial charge on any atom is 0.254 e. The molecular formula is C22H27ClN2O3. The maximum absolute atomic E-state index is 13.1. The number of hydrogen-bond donors (Lipinski definition) is 0. The van der Waals surface area contributed by atoms with Crippen LogP contribution in [0, 0.1) is 6.92 Å². The van der Waals surface area contributed by atoms with E-state index in [1.807, 2.05) is 24.0 Å². The first-order valence-corrected chi connectivity index (χ1v) is 9.88. The summed E-state index contributed by atoms with van der Waals surface area (Å²) in [7, 11) is 3.22. The molecule has 2 aromatic rings. The highest BCUT2D eigenvalue weighted by Gasteiger charge is 2.22. The van der Waals surface area contributed by atoms with Gasteiger partial charge in [0, 0.05) is 48.9 Å². The van der Waals surface area contributed by atoms with Crippen molar-refractivity contribution in [1.29, 1.82) is 0 Å². The smallest absolute Gasteiger partial charge is 0.254 e. The minimum Gasteiger partial charge on any atom is -0.496 e. The van der Waals surface area contributed by atoms with Gasteiger partial charge in [0.15, 0.2) is 0 Å². The van der Waals surface area contributed by atoms with Crippen molar-refractivity contribution in [1.82, 2.24) is 9.80 Å². The van der Waals surface area contributed by atoms with Crippen molar-refractivity contribution >= 4 is 17.5 Å². The zero-order valence-electron chi connectivity index (χ0n) is 16.7. The molecule has 0 unspecified atom stereocenters. The highest BCUT2D eigenvalue weighted by molar-refractivity contribution is 6.30. The fourth-order valence-electron chi connectivity index (χ4n) is 3.57. The maximum atomic E-state index is 13.1. The molecule has 6 heteroatoms. The summed E-state index contributed by atoms with van der Waals surface area (Å²) in [6.07, 6.45) is 0.944. The molecular weight excluding hydrogens is 376 g/mol. The second-order valence-electron chi connectivity index (χ2n) is 7.05. The van der Waals surface area contributed by atoms with Gasteiger partial charge in [0.05, 0.1) is 14.2 Å². The molecule has 1 amide bonds. The van der Waals surface area contributed by atoms with Gasteiger partial charge in [-0.05, 0) is 43.2 Å². The number of hydrogen-bond acceptors (Lipinski definition) is 4. The lowest BCUT2D eigenvalue weighted by atomic mass is 10.1. The average molecular weight is 403 g/mol. The van der Waals surface area contributed by atoms with Crippen LogP contribution in [-0.4, -0.2) is 56.1 Å². The molecule has 3 rings (SSSR count). The molecule has 150 valence electrons. The lowest BCUT2D eigenvalue weighted by Crippen LogP contribution is -2.35. The molecule has 0 saturated carbocycles. The molecule has 0 radical (unpaired) electrons. The van der Waals surface area contributed by atoms with Crippen molar-refractivity contribution < 1.29 is 14.3 Å². The summed E-state index contributed by atoms with van der Waals surface area (Å²) in [5.74, 6) is 1.36. The van der Waals surface area contributed by atoms with Crippen LogP contribution in [0.3, 0.4) is 0 Å². The molecule has 0 N–H and O–H groups in total. The molecule has 1 aliphatic heterocycles. The Balaban J connectivity index is 1.68. The number of amides is 1. The summed E-state index contributed by atoms with van der Waals surface area (Å²) in [5.41, 5.74) is 2.73. The molecule has 0 spiro atoms. The van der Waals surface area contributed by atoms with Crippen LogP contribution in [0.25, 0.3) is 0 Å². The van der Waals surface area contributed by atoms with Gasteiger partial charge >= 0.3 is 0 Å². The number of carbonyl (C=O) groups excluding carboxylic acids is 1. The topological polar surface area (TPSA) is 42.0 Å². The van der Waals surface area contributed by atoms with E-state index < -0.39 is 0 Å². The van der Waals surface area contributed by atoms with Gasteiger partial charge in [-0.15, -0.1) is 0 Å². The molecule has 1 saturated heterocycles. The Labute approximate surface area is 171 Å². The van der Waals surface area contributed by atoms with Gasteiger partial charge in [0.25, 0.3) is 5.91 Å². The Morgan fingerprint density at radius 1 is 1.00 bits per heavy atom. The van der Waals surface area contributed by atoms with Crippen LogP contribution in [0.1, 0.15) is 27.9 Å². The van der Waals surface area contributed by atoms with Gasteiger partial charge in [-0.1, -0.05) is 23.7 Å². The molecule has 0 bridgehead atoms. The lowest BCUT2D eigenvalue weighted by molar-refractivity contribution is 0.0760. The molecule has 1 fully saturated rings. The third kappa shape index (κ3) is 4.78. The normalized spacial score (nSPS) is 15.2. The van der Waals surface area contributed by atoms with Gasteiger partial charge in [-0.2, -0.15) is 0 Å². The van der Waals surface area contributed by atoms with Crippen LogP contribution in [0.15, 0.2) is 36.4 Å². The molecule has 1 aliphatic rings. The van der Waals surface area contributed by atoms with Crippen LogP contribution in [0.4, 0.5) is 0 Å². The van der Waals surface area contributed by atoms with E-state index in [0.29, 0.717) is 23.6 Å². The van der Waals surface area contributed by atoms with Crippen molar-refractivity contribution in [3.63, 3.8) is 0 Å². The first-order chi connectivity index (χ1) is 13.5. The van der Waals surface area contributed by atoms with Crippen molar-refractivity contribution in [2.45, 2.75) is 19.9 Å². The second kappa shape index (κ2) is 9.30. The van der Waals surface area contributed by atoms with Crippen LogP contribution in [0.5, 0.6) is 11.5 Å². The van der Waals surface area contributed by atoms with Gasteiger partial charge in [0.2, 0.25) is 0 Å². The zero-order valence-corrected chi connectivity index (χ0v) is 17.5. The summed E-state index contributed by atoms with van der Waals surface area (Å²) in [6, 6.07) is 11.6. The number of carbonyl (C=O) groups is 1. The standard InChI is InChI=1S/C22H27ClN2O3/c1-16-20(27-2)13-18(14-21(16)28-3)22(26)25-10-4-9-24(11-12-25)15-17-5-7-19(23)8-6-17/h5-8,13-14H,4,9-12,15H2,1-3H3. The van der Waals surface area contributed by atoms with Crippen LogP contribution >= 0.6 is 11.6 Å². The van der Waals surface area contributed by atoms with E-state index >= 15 is 0 Å². The first-order valence-electron chi connectivity index (χ1n) is 9.50. The Hall–Kier alpha value is -2.24. The Kier molecular flexibility index (Phi) is 6.81. The monoisotopic (exact) mass is 402 g/mol. The largest absolute Gasteiger partial charge is 0.496 e.